The molecule has 2 fully saturated rings. The van der Waals surface area contributed by atoms with Crippen LogP contribution in [0.15, 0.2) is 12.1 Å². The molecule has 0 radical (unpaired) electrons. The van der Waals surface area contributed by atoms with E-state index in [0.717, 1.165) is 12.8 Å². The number of nitrogen functional groups attached to an aromatic ring is 1. The molecule has 2 aliphatic heterocycles. The van der Waals surface area contributed by atoms with Gasteiger partial charge in [-0.2, -0.15) is 0 Å². The van der Waals surface area contributed by atoms with Crippen molar-refractivity contribution in [3.63, 3.8) is 0 Å². The number of nitrogens with zero attached hydrogens (tertiary/aromatic N) is 1. The maximum absolute atomic E-state index is 12.9. The van der Waals surface area contributed by atoms with Crippen LogP contribution in [-0.2, 0) is 0 Å². The minimum atomic E-state index is -0.341. The zero-order valence-corrected chi connectivity index (χ0v) is 16.3. The Balaban J connectivity index is 1.77. The molecule has 5 nitrogen and oxygen atoms in total. The van der Waals surface area contributed by atoms with Gasteiger partial charge in [0.1, 0.15) is 5.75 Å². The Labute approximate surface area is 160 Å². The highest BCUT2D eigenvalue weighted by Gasteiger charge is 2.39. The Kier molecular flexibility index (Phi) is 5.64. The van der Waals surface area contributed by atoms with Gasteiger partial charge in [-0.05, 0) is 52.6 Å². The standard InChI is InChI=1S/C20H26ClN3O2/c1-4-5-12(2)26-19-11-18(22)17(21)10-16(19)20(25)23-13-8-14-6-7-15(9-13)24(14)3/h10-15H,6-9,22H2,1-3H3,(H,23,25)/t12?,13?,14-,15+. The summed E-state index contributed by atoms with van der Waals surface area (Å²) in [6.45, 7) is 3.58. The van der Waals surface area contributed by atoms with Gasteiger partial charge in [0, 0.05) is 24.2 Å². The molecule has 3 N–H and O–H groups in total. The van der Waals surface area contributed by atoms with E-state index in [1.807, 2.05) is 6.92 Å². The molecule has 2 bridgehead atoms. The molecule has 2 heterocycles. The number of anilines is 1. The van der Waals surface area contributed by atoms with E-state index in [-0.39, 0.29) is 18.1 Å². The van der Waals surface area contributed by atoms with E-state index in [4.69, 9.17) is 22.1 Å². The number of hydrogen-bond acceptors (Lipinski definition) is 4. The fourth-order valence-electron chi connectivity index (χ4n) is 4.06. The largest absolute Gasteiger partial charge is 0.477 e. The molecule has 1 amide bonds. The van der Waals surface area contributed by atoms with Crippen LogP contribution >= 0.6 is 11.6 Å². The Morgan fingerprint density at radius 3 is 2.65 bits per heavy atom. The highest BCUT2D eigenvalue weighted by Crippen LogP contribution is 2.35. The molecule has 0 saturated carbocycles. The lowest BCUT2D eigenvalue weighted by Crippen LogP contribution is -2.48. The normalized spacial score (nSPS) is 25.9. The third kappa shape index (κ3) is 3.92. The van der Waals surface area contributed by atoms with Gasteiger partial charge in [-0.1, -0.05) is 17.5 Å². The summed E-state index contributed by atoms with van der Waals surface area (Å²) in [5.41, 5.74) is 6.68. The molecule has 4 atom stereocenters. The highest BCUT2D eigenvalue weighted by molar-refractivity contribution is 6.33. The number of benzene rings is 1. The molecule has 1 aromatic carbocycles. The molecule has 3 rings (SSSR count). The van der Waals surface area contributed by atoms with Crippen molar-refractivity contribution in [2.75, 3.05) is 12.8 Å². The molecule has 2 aliphatic rings. The van der Waals surface area contributed by atoms with Crippen LogP contribution in [0.5, 0.6) is 5.75 Å². The maximum Gasteiger partial charge on any atom is 0.255 e. The summed E-state index contributed by atoms with van der Waals surface area (Å²) in [6.07, 6.45) is 4.04. The number of nitrogens with two attached hydrogens (primary N) is 1. The lowest BCUT2D eigenvalue weighted by atomic mass is 9.97. The Morgan fingerprint density at radius 1 is 1.38 bits per heavy atom. The van der Waals surface area contributed by atoms with Crippen LogP contribution in [0.4, 0.5) is 5.69 Å². The molecular formula is C20H26ClN3O2. The van der Waals surface area contributed by atoms with E-state index in [2.05, 4.69) is 29.1 Å². The number of hydrogen-bond donors (Lipinski definition) is 2. The van der Waals surface area contributed by atoms with E-state index < -0.39 is 0 Å². The van der Waals surface area contributed by atoms with Crippen molar-refractivity contribution in [3.8, 4) is 17.6 Å². The lowest BCUT2D eigenvalue weighted by molar-refractivity contribution is 0.0878. The molecule has 26 heavy (non-hydrogen) atoms. The molecule has 2 unspecified atom stereocenters. The minimum absolute atomic E-state index is 0.174. The van der Waals surface area contributed by atoms with Gasteiger partial charge in [-0.3, -0.25) is 4.79 Å². The van der Waals surface area contributed by atoms with Crippen molar-refractivity contribution in [2.24, 2.45) is 0 Å². The average Bonchev–Trinajstić information content (AvgIpc) is 2.80. The van der Waals surface area contributed by atoms with Crippen LogP contribution in [-0.4, -0.2) is 42.1 Å². The van der Waals surface area contributed by atoms with Crippen LogP contribution in [0.1, 0.15) is 49.9 Å². The number of fused-ring (bicyclic) bond motifs is 2. The first-order chi connectivity index (χ1) is 12.4. The van der Waals surface area contributed by atoms with Gasteiger partial charge in [0.05, 0.1) is 16.3 Å². The number of rotatable bonds is 4. The molecule has 140 valence electrons. The van der Waals surface area contributed by atoms with Crippen molar-refractivity contribution in [1.29, 1.82) is 0 Å². The summed E-state index contributed by atoms with van der Waals surface area (Å²) < 4.78 is 5.82. The molecule has 2 saturated heterocycles. The van der Waals surface area contributed by atoms with Gasteiger partial charge in [-0.15, -0.1) is 5.92 Å². The van der Waals surface area contributed by atoms with E-state index in [1.54, 1.807) is 19.1 Å². The monoisotopic (exact) mass is 375 g/mol. The first kappa shape index (κ1) is 18.9. The Morgan fingerprint density at radius 2 is 2.04 bits per heavy atom. The predicted octanol–water partition coefficient (Wildman–Crippen LogP) is 3.07. The molecule has 0 aliphatic carbocycles. The first-order valence-corrected chi connectivity index (χ1v) is 9.47. The predicted molar refractivity (Wildman–Crippen MR) is 104 cm³/mol. The minimum Gasteiger partial charge on any atom is -0.477 e. The summed E-state index contributed by atoms with van der Waals surface area (Å²) in [5.74, 6) is 5.97. The lowest BCUT2D eigenvalue weighted by Gasteiger charge is -2.36. The summed E-state index contributed by atoms with van der Waals surface area (Å²) in [5, 5.41) is 3.52. The molecule has 0 spiro atoms. The fraction of sp³-hybridized carbons (Fsp3) is 0.550. The van der Waals surface area contributed by atoms with E-state index in [9.17, 15) is 4.79 Å². The second kappa shape index (κ2) is 7.77. The second-order valence-corrected chi connectivity index (χ2v) is 7.62. The average molecular weight is 376 g/mol. The first-order valence-electron chi connectivity index (χ1n) is 9.09. The molecule has 0 aromatic heterocycles. The van der Waals surface area contributed by atoms with E-state index >= 15 is 0 Å². The van der Waals surface area contributed by atoms with Crippen molar-refractivity contribution < 1.29 is 9.53 Å². The van der Waals surface area contributed by atoms with Crippen molar-refractivity contribution in [1.82, 2.24) is 10.2 Å². The number of piperidine rings is 1. The van der Waals surface area contributed by atoms with Gasteiger partial charge < -0.3 is 20.7 Å². The zero-order chi connectivity index (χ0) is 18.8. The summed E-state index contributed by atoms with van der Waals surface area (Å²) in [6, 6.07) is 4.48. The van der Waals surface area contributed by atoms with Crippen molar-refractivity contribution in [2.45, 2.75) is 63.8 Å². The zero-order valence-electron chi connectivity index (χ0n) is 15.5. The highest BCUT2D eigenvalue weighted by atomic mass is 35.5. The number of nitrogens with one attached hydrogen (secondary N) is 1. The van der Waals surface area contributed by atoms with Crippen LogP contribution < -0.4 is 15.8 Å². The summed E-state index contributed by atoms with van der Waals surface area (Å²) in [7, 11) is 2.18. The van der Waals surface area contributed by atoms with Crippen LogP contribution in [0.25, 0.3) is 0 Å². The number of halogens is 1. The third-order valence-corrected chi connectivity index (χ3v) is 5.76. The van der Waals surface area contributed by atoms with E-state index in [1.165, 1.54) is 12.8 Å². The maximum atomic E-state index is 12.9. The number of ether oxygens (including phenoxy) is 1. The SMILES string of the molecule is CC#CC(C)Oc1cc(N)c(Cl)cc1C(=O)NC1C[C@H]2CC[C@@H](C1)N2C. The third-order valence-electron chi connectivity index (χ3n) is 5.43. The van der Waals surface area contributed by atoms with Gasteiger partial charge in [0.2, 0.25) is 0 Å². The van der Waals surface area contributed by atoms with Gasteiger partial charge in [-0.25, -0.2) is 0 Å². The Bertz CT molecular complexity index is 741. The van der Waals surface area contributed by atoms with Crippen LogP contribution in [0.2, 0.25) is 5.02 Å². The van der Waals surface area contributed by atoms with Crippen LogP contribution in [0.3, 0.4) is 0 Å². The second-order valence-electron chi connectivity index (χ2n) is 7.22. The van der Waals surface area contributed by atoms with Gasteiger partial charge >= 0.3 is 0 Å². The number of carbonyl (C=O) groups excluding carboxylic acids is 1. The molecule has 6 heteroatoms. The van der Waals surface area contributed by atoms with Crippen molar-refractivity contribution in [3.05, 3.63) is 22.7 Å². The van der Waals surface area contributed by atoms with Crippen molar-refractivity contribution >= 4 is 23.2 Å². The fourth-order valence-corrected chi connectivity index (χ4v) is 4.22. The summed E-state index contributed by atoms with van der Waals surface area (Å²) in [4.78, 5) is 15.4. The smallest absolute Gasteiger partial charge is 0.255 e. The van der Waals surface area contributed by atoms with Gasteiger partial charge in [0.15, 0.2) is 6.10 Å². The van der Waals surface area contributed by atoms with Gasteiger partial charge in [0.25, 0.3) is 5.91 Å². The topological polar surface area (TPSA) is 67.6 Å². The Hall–Kier alpha value is -1.90. The van der Waals surface area contributed by atoms with Crippen LogP contribution in [0, 0.1) is 11.8 Å². The molecular weight excluding hydrogens is 350 g/mol. The summed E-state index contributed by atoms with van der Waals surface area (Å²) >= 11 is 6.15. The quantitative estimate of drug-likeness (QED) is 0.627. The number of carbonyl (C=O) groups is 1. The van der Waals surface area contributed by atoms with E-state index in [0.29, 0.717) is 34.1 Å². The number of amides is 1. The molecule has 1 aromatic rings.